The van der Waals surface area contributed by atoms with Gasteiger partial charge in [-0.3, -0.25) is 10.1 Å². The van der Waals surface area contributed by atoms with Gasteiger partial charge in [-0.05, 0) is 31.2 Å². The number of hydrogen-bond donors (Lipinski definition) is 2. The van der Waals surface area contributed by atoms with Gasteiger partial charge in [-0.2, -0.15) is 0 Å². The third-order valence-electron chi connectivity index (χ3n) is 4.64. The molecule has 2 unspecified atom stereocenters. The fraction of sp³-hybridized carbons (Fsp3) is 0.333. The topological polar surface area (TPSA) is 111 Å². The Labute approximate surface area is 157 Å². The van der Waals surface area contributed by atoms with Crippen LogP contribution in [0.4, 0.5) is 11.4 Å². The summed E-state index contributed by atoms with van der Waals surface area (Å²) in [5, 5.41) is 14.5. The largest absolute Gasteiger partial charge is 0.379 e. The van der Waals surface area contributed by atoms with Crippen LogP contribution in [0.5, 0.6) is 0 Å². The average molecular weight is 391 g/mol. The molecule has 2 atom stereocenters. The number of rotatable bonds is 7. The molecular formula is C18H21N3O5S. The quantitative estimate of drug-likeness (QED) is 0.555. The van der Waals surface area contributed by atoms with Gasteiger partial charge in [0.05, 0.1) is 15.9 Å². The second-order valence-corrected chi connectivity index (χ2v) is 8.16. The smallest absolute Gasteiger partial charge is 0.293 e. The molecule has 27 heavy (non-hydrogen) atoms. The molecular weight excluding hydrogens is 370 g/mol. The van der Waals surface area contributed by atoms with Crippen LogP contribution in [0.15, 0.2) is 53.4 Å². The van der Waals surface area contributed by atoms with E-state index < -0.39 is 14.9 Å². The van der Waals surface area contributed by atoms with Crippen molar-refractivity contribution in [2.75, 3.05) is 25.5 Å². The predicted octanol–water partition coefficient (Wildman–Crippen LogP) is 2.69. The zero-order valence-corrected chi connectivity index (χ0v) is 15.6. The number of anilines is 1. The minimum Gasteiger partial charge on any atom is -0.379 e. The number of nitrogens with one attached hydrogen (secondary N) is 2. The third kappa shape index (κ3) is 4.26. The van der Waals surface area contributed by atoms with E-state index >= 15 is 0 Å². The van der Waals surface area contributed by atoms with Gasteiger partial charge in [0.15, 0.2) is 0 Å². The van der Waals surface area contributed by atoms with Crippen molar-refractivity contribution in [2.24, 2.45) is 5.92 Å². The lowest BCUT2D eigenvalue weighted by Gasteiger charge is -2.20. The Morgan fingerprint density at radius 1 is 1.22 bits per heavy atom. The van der Waals surface area contributed by atoms with E-state index in [9.17, 15) is 18.5 Å². The summed E-state index contributed by atoms with van der Waals surface area (Å²) in [6.07, 6.45) is 0.772. The Morgan fingerprint density at radius 3 is 2.63 bits per heavy atom. The van der Waals surface area contributed by atoms with Gasteiger partial charge >= 0.3 is 0 Å². The highest BCUT2D eigenvalue weighted by Crippen LogP contribution is 2.35. The van der Waals surface area contributed by atoms with E-state index in [1.165, 1.54) is 19.2 Å². The van der Waals surface area contributed by atoms with Crippen LogP contribution >= 0.6 is 0 Å². The maximum Gasteiger partial charge on any atom is 0.293 e. The first kappa shape index (κ1) is 19.3. The number of nitro benzene ring substituents is 1. The van der Waals surface area contributed by atoms with Crippen LogP contribution < -0.4 is 10.0 Å². The highest BCUT2D eigenvalue weighted by Gasteiger charge is 2.30. The molecule has 0 aliphatic carbocycles. The molecule has 3 rings (SSSR count). The maximum atomic E-state index is 11.9. The van der Waals surface area contributed by atoms with Gasteiger partial charge in [-0.1, -0.05) is 30.3 Å². The zero-order chi connectivity index (χ0) is 19.4. The number of nitrogens with zero attached hydrogens (tertiary/aromatic N) is 1. The molecule has 0 bridgehead atoms. The monoisotopic (exact) mass is 391 g/mol. The van der Waals surface area contributed by atoms with Crippen molar-refractivity contribution >= 4 is 21.4 Å². The van der Waals surface area contributed by atoms with Crippen LogP contribution in [0, 0.1) is 16.0 Å². The first-order chi connectivity index (χ1) is 12.9. The van der Waals surface area contributed by atoms with Gasteiger partial charge in [-0.15, -0.1) is 0 Å². The molecule has 0 spiro atoms. The number of nitro groups is 1. The van der Waals surface area contributed by atoms with E-state index in [1.54, 1.807) is 0 Å². The lowest BCUT2D eigenvalue weighted by molar-refractivity contribution is -0.384. The van der Waals surface area contributed by atoms with Gasteiger partial charge in [-0.25, -0.2) is 13.1 Å². The Bertz CT molecular complexity index is 918. The molecule has 1 aliphatic heterocycles. The fourth-order valence-corrected chi connectivity index (χ4v) is 3.94. The minimum atomic E-state index is -3.75. The zero-order valence-electron chi connectivity index (χ0n) is 14.8. The summed E-state index contributed by atoms with van der Waals surface area (Å²) in [7, 11) is -2.49. The van der Waals surface area contributed by atoms with E-state index in [2.05, 4.69) is 10.0 Å². The summed E-state index contributed by atoms with van der Waals surface area (Å²) in [6, 6.07) is 13.7. The molecule has 1 saturated heterocycles. The number of ether oxygens (including phenoxy) is 1. The number of sulfonamides is 1. The molecule has 1 fully saturated rings. The Balaban J connectivity index is 1.78. The lowest BCUT2D eigenvalue weighted by Crippen LogP contribution is -2.20. The minimum absolute atomic E-state index is 0.0679. The van der Waals surface area contributed by atoms with E-state index in [1.807, 2.05) is 30.3 Å². The van der Waals surface area contributed by atoms with Crippen molar-refractivity contribution < 1.29 is 18.1 Å². The van der Waals surface area contributed by atoms with Crippen molar-refractivity contribution in [3.63, 3.8) is 0 Å². The van der Waals surface area contributed by atoms with E-state index in [4.69, 9.17) is 4.74 Å². The average Bonchev–Trinajstić information content (AvgIpc) is 3.15. The highest BCUT2D eigenvalue weighted by molar-refractivity contribution is 7.89. The SMILES string of the molecule is CNS(=O)(=O)c1ccc(NCC2CCOC2c2ccccc2)c([N+](=O)[O-])c1. The highest BCUT2D eigenvalue weighted by atomic mass is 32.2. The summed E-state index contributed by atoms with van der Waals surface area (Å²) < 4.78 is 31.8. The molecule has 2 N–H and O–H groups in total. The number of benzene rings is 2. The van der Waals surface area contributed by atoms with Crippen molar-refractivity contribution in [3.8, 4) is 0 Å². The Morgan fingerprint density at radius 2 is 1.96 bits per heavy atom. The first-order valence-electron chi connectivity index (χ1n) is 8.55. The maximum absolute atomic E-state index is 11.9. The van der Waals surface area contributed by atoms with Crippen LogP contribution in [-0.2, 0) is 14.8 Å². The van der Waals surface area contributed by atoms with E-state index in [-0.39, 0.29) is 28.3 Å². The van der Waals surface area contributed by atoms with Crippen LogP contribution in [0.2, 0.25) is 0 Å². The summed E-state index contributed by atoms with van der Waals surface area (Å²) in [5.41, 5.74) is 1.09. The van der Waals surface area contributed by atoms with Crippen LogP contribution in [-0.4, -0.2) is 33.5 Å². The fourth-order valence-electron chi connectivity index (χ4n) is 3.19. The Hall–Kier alpha value is -2.49. The van der Waals surface area contributed by atoms with Crippen LogP contribution in [0.3, 0.4) is 0 Å². The summed E-state index contributed by atoms with van der Waals surface area (Å²) in [6.45, 7) is 1.12. The van der Waals surface area contributed by atoms with Gasteiger partial charge < -0.3 is 10.1 Å². The molecule has 1 aliphatic rings. The predicted molar refractivity (Wildman–Crippen MR) is 101 cm³/mol. The first-order valence-corrected chi connectivity index (χ1v) is 10.0. The second-order valence-electron chi connectivity index (χ2n) is 6.28. The molecule has 0 saturated carbocycles. The van der Waals surface area contributed by atoms with Gasteiger partial charge in [0.1, 0.15) is 5.69 Å². The number of hydrogen-bond acceptors (Lipinski definition) is 6. The van der Waals surface area contributed by atoms with Gasteiger partial charge in [0.2, 0.25) is 10.0 Å². The molecule has 0 amide bonds. The molecule has 2 aromatic carbocycles. The lowest BCUT2D eigenvalue weighted by atomic mass is 9.95. The summed E-state index contributed by atoms with van der Waals surface area (Å²) in [5.74, 6) is 0.160. The third-order valence-corrected chi connectivity index (χ3v) is 6.05. The summed E-state index contributed by atoms with van der Waals surface area (Å²) in [4.78, 5) is 10.7. The van der Waals surface area contributed by atoms with Crippen molar-refractivity contribution in [3.05, 3.63) is 64.2 Å². The molecule has 0 radical (unpaired) electrons. The van der Waals surface area contributed by atoms with Crippen molar-refractivity contribution in [1.29, 1.82) is 0 Å². The Kier molecular flexibility index (Phi) is 5.73. The van der Waals surface area contributed by atoms with Gasteiger partial charge in [0, 0.05) is 25.1 Å². The van der Waals surface area contributed by atoms with E-state index in [0.29, 0.717) is 13.2 Å². The van der Waals surface area contributed by atoms with Gasteiger partial charge in [0.25, 0.3) is 5.69 Å². The normalized spacial score (nSPS) is 19.7. The van der Waals surface area contributed by atoms with Crippen LogP contribution in [0.25, 0.3) is 0 Å². The van der Waals surface area contributed by atoms with E-state index in [0.717, 1.165) is 18.1 Å². The molecule has 1 heterocycles. The molecule has 9 heteroatoms. The molecule has 8 nitrogen and oxygen atoms in total. The van der Waals surface area contributed by atoms with Crippen molar-refractivity contribution in [2.45, 2.75) is 17.4 Å². The van der Waals surface area contributed by atoms with Crippen LogP contribution in [0.1, 0.15) is 18.1 Å². The molecule has 0 aromatic heterocycles. The van der Waals surface area contributed by atoms with Crippen molar-refractivity contribution in [1.82, 2.24) is 4.72 Å². The second kappa shape index (κ2) is 8.03. The standard InChI is InChI=1S/C18H21N3O5S/c1-19-27(24,25)15-7-8-16(17(11-15)21(22)23)20-12-14-9-10-26-18(14)13-5-3-2-4-6-13/h2-8,11,14,18-20H,9-10,12H2,1H3. The molecule has 144 valence electrons. The summed E-state index contributed by atoms with van der Waals surface area (Å²) >= 11 is 0. The molecule has 2 aromatic rings.